The van der Waals surface area contributed by atoms with E-state index in [1.54, 1.807) is 6.92 Å². The van der Waals surface area contributed by atoms with Crippen LogP contribution in [0.2, 0.25) is 0 Å². The van der Waals surface area contributed by atoms with Crippen LogP contribution in [0.4, 0.5) is 18.9 Å². The van der Waals surface area contributed by atoms with Gasteiger partial charge in [-0.25, -0.2) is 13.2 Å². The highest BCUT2D eigenvalue weighted by Gasteiger charge is 2.28. The lowest BCUT2D eigenvalue weighted by Gasteiger charge is -2.11. The maximum absolute atomic E-state index is 15.0. The lowest BCUT2D eigenvalue weighted by molar-refractivity contribution is -0.384. The standard InChI is InChI=1S/C27H20F3N3O5/c1-4-13(2)32-26(34)18-9-16(20(29)11-21(18)30)17-10-19-23(12-22(17)33(36)37)38-25(24(19)27(35)31-3)14-5-7-15(28)8-6-14/h5-12H,2,4H2,1,3H3,(H,31,35)(H,32,34). The lowest BCUT2D eigenvalue weighted by atomic mass is 9.96. The summed E-state index contributed by atoms with van der Waals surface area (Å²) in [6.07, 6.45) is 0.364. The summed E-state index contributed by atoms with van der Waals surface area (Å²) in [6.45, 7) is 5.33. The summed E-state index contributed by atoms with van der Waals surface area (Å²) in [7, 11) is 1.36. The zero-order valence-corrected chi connectivity index (χ0v) is 20.2. The highest BCUT2D eigenvalue weighted by Crippen LogP contribution is 2.41. The van der Waals surface area contributed by atoms with Crippen LogP contribution in [-0.2, 0) is 0 Å². The Morgan fingerprint density at radius 2 is 1.68 bits per heavy atom. The third-order valence-electron chi connectivity index (χ3n) is 5.87. The second-order valence-corrected chi connectivity index (χ2v) is 8.24. The molecule has 2 N–H and O–H groups in total. The number of nitrogens with one attached hydrogen (secondary N) is 2. The number of rotatable bonds is 7. The number of carbonyl (C=O) groups excluding carboxylic acids is 2. The number of benzene rings is 3. The average molecular weight is 523 g/mol. The highest BCUT2D eigenvalue weighted by molar-refractivity contribution is 6.12. The molecule has 0 unspecified atom stereocenters. The molecule has 0 aliphatic carbocycles. The number of amides is 2. The second-order valence-electron chi connectivity index (χ2n) is 8.24. The zero-order chi connectivity index (χ0) is 27.7. The predicted octanol–water partition coefficient (Wildman–Crippen LogP) is 6.11. The van der Waals surface area contributed by atoms with E-state index < -0.39 is 51.0 Å². The number of carbonyl (C=O) groups is 2. The first-order valence-electron chi connectivity index (χ1n) is 11.3. The fraction of sp³-hybridized carbons (Fsp3) is 0.111. The molecule has 0 fully saturated rings. The van der Waals surface area contributed by atoms with Crippen molar-refractivity contribution in [3.8, 4) is 22.5 Å². The number of furan rings is 1. The molecule has 0 atom stereocenters. The molecule has 0 spiro atoms. The molecule has 2 amide bonds. The lowest BCUT2D eigenvalue weighted by Crippen LogP contribution is -2.23. The number of nitro benzene ring substituents is 1. The Labute approximate surface area is 213 Å². The van der Waals surface area contributed by atoms with Gasteiger partial charge < -0.3 is 15.1 Å². The van der Waals surface area contributed by atoms with Crippen molar-refractivity contribution in [2.75, 3.05) is 7.05 Å². The fourth-order valence-corrected chi connectivity index (χ4v) is 3.90. The van der Waals surface area contributed by atoms with Crippen molar-refractivity contribution >= 4 is 28.5 Å². The van der Waals surface area contributed by atoms with E-state index in [4.69, 9.17) is 4.42 Å². The van der Waals surface area contributed by atoms with Gasteiger partial charge in [0.25, 0.3) is 17.5 Å². The van der Waals surface area contributed by atoms with Gasteiger partial charge in [0.2, 0.25) is 0 Å². The minimum absolute atomic E-state index is 0.00326. The Balaban J connectivity index is 2.01. The fourth-order valence-electron chi connectivity index (χ4n) is 3.90. The van der Waals surface area contributed by atoms with E-state index in [-0.39, 0.29) is 33.6 Å². The van der Waals surface area contributed by atoms with Crippen molar-refractivity contribution in [3.05, 3.63) is 99.5 Å². The van der Waals surface area contributed by atoms with Crippen molar-refractivity contribution in [2.45, 2.75) is 13.3 Å². The van der Waals surface area contributed by atoms with E-state index in [0.717, 1.165) is 30.3 Å². The van der Waals surface area contributed by atoms with E-state index in [0.29, 0.717) is 18.1 Å². The molecule has 0 aliphatic heterocycles. The smallest absolute Gasteiger partial charge is 0.281 e. The first-order valence-corrected chi connectivity index (χ1v) is 11.3. The van der Waals surface area contributed by atoms with Crippen molar-refractivity contribution in [1.29, 1.82) is 0 Å². The van der Waals surface area contributed by atoms with Crippen molar-refractivity contribution in [2.24, 2.45) is 0 Å². The summed E-state index contributed by atoms with van der Waals surface area (Å²) in [4.78, 5) is 36.6. The van der Waals surface area contributed by atoms with Crippen LogP contribution in [-0.4, -0.2) is 23.8 Å². The van der Waals surface area contributed by atoms with Crippen LogP contribution in [0.25, 0.3) is 33.4 Å². The van der Waals surface area contributed by atoms with Gasteiger partial charge in [0, 0.05) is 35.3 Å². The molecule has 3 aromatic carbocycles. The van der Waals surface area contributed by atoms with Crippen LogP contribution < -0.4 is 10.6 Å². The Hall–Kier alpha value is -4.93. The Morgan fingerprint density at radius 3 is 2.29 bits per heavy atom. The van der Waals surface area contributed by atoms with Crippen LogP contribution in [0, 0.1) is 27.6 Å². The zero-order valence-electron chi connectivity index (χ0n) is 20.2. The van der Waals surface area contributed by atoms with Crippen LogP contribution >= 0.6 is 0 Å². The minimum Gasteiger partial charge on any atom is -0.455 e. The molecule has 8 nitrogen and oxygen atoms in total. The number of halogens is 3. The van der Waals surface area contributed by atoms with Crippen LogP contribution in [0.1, 0.15) is 34.1 Å². The van der Waals surface area contributed by atoms with Crippen LogP contribution in [0.5, 0.6) is 0 Å². The third kappa shape index (κ3) is 4.73. The largest absolute Gasteiger partial charge is 0.455 e. The first-order chi connectivity index (χ1) is 18.0. The summed E-state index contributed by atoms with van der Waals surface area (Å²) in [5.74, 6) is -4.40. The summed E-state index contributed by atoms with van der Waals surface area (Å²) >= 11 is 0. The molecule has 1 heterocycles. The van der Waals surface area contributed by atoms with Gasteiger partial charge in [-0.1, -0.05) is 13.5 Å². The minimum atomic E-state index is -1.18. The molecule has 38 heavy (non-hydrogen) atoms. The Bertz CT molecular complexity index is 1630. The number of hydrogen-bond donors (Lipinski definition) is 2. The van der Waals surface area contributed by atoms with Gasteiger partial charge in [0.15, 0.2) is 0 Å². The Morgan fingerprint density at radius 1 is 1.00 bits per heavy atom. The SMILES string of the molecule is C=C(CC)NC(=O)c1cc(-c2cc3c(C(=O)NC)c(-c4ccc(F)cc4)oc3cc2[N+](=O)[O-])c(F)cc1F. The topological polar surface area (TPSA) is 114 Å². The van der Waals surface area contributed by atoms with E-state index in [1.807, 2.05) is 0 Å². The van der Waals surface area contributed by atoms with Crippen molar-refractivity contribution < 1.29 is 32.1 Å². The van der Waals surface area contributed by atoms with Crippen molar-refractivity contribution in [1.82, 2.24) is 10.6 Å². The van der Waals surface area contributed by atoms with Crippen molar-refractivity contribution in [3.63, 3.8) is 0 Å². The summed E-state index contributed by atoms with van der Waals surface area (Å²) < 4.78 is 48.8. The quantitative estimate of drug-likeness (QED) is 0.224. The van der Waals surface area contributed by atoms with Crippen LogP contribution in [0.15, 0.2) is 65.2 Å². The maximum Gasteiger partial charge on any atom is 0.281 e. The normalized spacial score (nSPS) is 10.9. The molecule has 0 bridgehead atoms. The molecule has 4 aromatic rings. The van der Waals surface area contributed by atoms with Gasteiger partial charge in [-0.3, -0.25) is 19.7 Å². The number of allylic oxidation sites excluding steroid dienone is 1. The van der Waals surface area contributed by atoms with Gasteiger partial charge in [-0.2, -0.15) is 0 Å². The summed E-state index contributed by atoms with van der Waals surface area (Å²) in [6, 6.07) is 8.51. The number of fused-ring (bicyclic) bond motifs is 1. The summed E-state index contributed by atoms with van der Waals surface area (Å²) in [5.41, 5.74) is -1.45. The van der Waals surface area contributed by atoms with Gasteiger partial charge in [0.1, 0.15) is 28.8 Å². The molecule has 0 aliphatic rings. The number of nitro groups is 1. The molecule has 0 saturated heterocycles. The number of nitrogens with zero attached hydrogens (tertiary/aromatic N) is 1. The Kier molecular flexibility index (Phi) is 7.02. The monoisotopic (exact) mass is 523 g/mol. The first kappa shape index (κ1) is 26.1. The second kappa shape index (κ2) is 10.2. The molecule has 4 rings (SSSR count). The van der Waals surface area contributed by atoms with E-state index in [1.165, 1.54) is 19.2 Å². The molecule has 0 saturated carbocycles. The highest BCUT2D eigenvalue weighted by atomic mass is 19.1. The average Bonchev–Trinajstić information content (AvgIpc) is 3.26. The number of hydrogen-bond acceptors (Lipinski definition) is 5. The van der Waals surface area contributed by atoms with Gasteiger partial charge in [0.05, 0.1) is 27.7 Å². The molecular formula is C27H20F3N3O5. The van der Waals surface area contributed by atoms with E-state index in [9.17, 15) is 28.5 Å². The maximum atomic E-state index is 15.0. The predicted molar refractivity (Wildman–Crippen MR) is 134 cm³/mol. The molecule has 11 heteroatoms. The third-order valence-corrected chi connectivity index (χ3v) is 5.87. The summed E-state index contributed by atoms with van der Waals surface area (Å²) in [5, 5.41) is 16.9. The molecule has 194 valence electrons. The van der Waals surface area contributed by atoms with E-state index in [2.05, 4.69) is 17.2 Å². The molecule has 0 radical (unpaired) electrons. The molecular weight excluding hydrogens is 503 g/mol. The van der Waals surface area contributed by atoms with Crippen LogP contribution in [0.3, 0.4) is 0 Å². The van der Waals surface area contributed by atoms with E-state index >= 15 is 4.39 Å². The van der Waals surface area contributed by atoms with Gasteiger partial charge in [-0.05, 0) is 42.8 Å². The molecule has 1 aromatic heterocycles. The van der Waals surface area contributed by atoms with Gasteiger partial charge >= 0.3 is 0 Å². The van der Waals surface area contributed by atoms with Gasteiger partial charge in [-0.15, -0.1) is 0 Å².